The first-order valence-corrected chi connectivity index (χ1v) is 8.61. The highest BCUT2D eigenvalue weighted by molar-refractivity contribution is 9.10. The van der Waals surface area contributed by atoms with E-state index < -0.39 is 10.0 Å². The van der Waals surface area contributed by atoms with Crippen molar-refractivity contribution in [2.45, 2.75) is 18.2 Å². The maximum absolute atomic E-state index is 12.6. The summed E-state index contributed by atoms with van der Waals surface area (Å²) >= 11 is 15.3. The smallest absolute Gasteiger partial charge is 0.207 e. The molecule has 0 spiro atoms. The van der Waals surface area contributed by atoms with Crippen LogP contribution in [0, 0.1) is 0 Å². The number of hydrogen-bond acceptors (Lipinski definition) is 2. The van der Waals surface area contributed by atoms with E-state index in [0.29, 0.717) is 24.0 Å². The number of sulfonamides is 1. The summed E-state index contributed by atoms with van der Waals surface area (Å²) in [5.41, 5.74) is 1.03. The van der Waals surface area contributed by atoms with Gasteiger partial charge in [0.2, 0.25) is 10.0 Å². The maximum Gasteiger partial charge on any atom is 0.246 e. The van der Waals surface area contributed by atoms with Crippen LogP contribution < -0.4 is 0 Å². The van der Waals surface area contributed by atoms with Crippen molar-refractivity contribution in [1.29, 1.82) is 0 Å². The Morgan fingerprint density at radius 1 is 1.26 bits per heavy atom. The van der Waals surface area contributed by atoms with Crippen molar-refractivity contribution >= 4 is 49.2 Å². The van der Waals surface area contributed by atoms with Gasteiger partial charge in [0.1, 0.15) is 4.90 Å². The number of rotatable bonds is 2. The predicted molar refractivity (Wildman–Crippen MR) is 81.3 cm³/mol. The lowest BCUT2D eigenvalue weighted by Gasteiger charge is -2.26. The Morgan fingerprint density at radius 3 is 2.37 bits per heavy atom. The molecule has 1 aliphatic rings. The van der Waals surface area contributed by atoms with Crippen LogP contribution in [0.3, 0.4) is 0 Å². The standard InChI is InChI=1S/C12H12BrCl2NO2S/c1-8-3-2-4-16(7-8)19(17,18)12-10(14)5-9(13)6-11(12)15/h3,5-6H,2,4,7H2,1H3. The maximum atomic E-state index is 12.6. The van der Waals surface area contributed by atoms with E-state index in [2.05, 4.69) is 15.9 Å². The van der Waals surface area contributed by atoms with Crippen molar-refractivity contribution in [2.75, 3.05) is 13.1 Å². The molecule has 0 bridgehead atoms. The highest BCUT2D eigenvalue weighted by Gasteiger charge is 2.30. The molecule has 19 heavy (non-hydrogen) atoms. The molecule has 0 amide bonds. The van der Waals surface area contributed by atoms with Crippen LogP contribution in [0.2, 0.25) is 10.0 Å². The molecule has 1 heterocycles. The number of benzene rings is 1. The Bertz CT molecular complexity index is 620. The van der Waals surface area contributed by atoms with Gasteiger partial charge in [-0.3, -0.25) is 0 Å². The van der Waals surface area contributed by atoms with Crippen LogP contribution in [0.5, 0.6) is 0 Å². The summed E-state index contributed by atoms with van der Waals surface area (Å²) in [6.45, 7) is 2.74. The number of hydrogen-bond donors (Lipinski definition) is 0. The van der Waals surface area contributed by atoms with Crippen molar-refractivity contribution in [3.05, 3.63) is 38.3 Å². The molecule has 104 valence electrons. The molecule has 0 radical (unpaired) electrons. The molecule has 0 fully saturated rings. The van der Waals surface area contributed by atoms with Crippen molar-refractivity contribution in [1.82, 2.24) is 4.31 Å². The van der Waals surface area contributed by atoms with Gasteiger partial charge in [0.15, 0.2) is 0 Å². The fourth-order valence-corrected chi connectivity index (χ4v) is 5.37. The Kier molecular flexibility index (Phi) is 4.63. The fraction of sp³-hybridized carbons (Fsp3) is 0.333. The average molecular weight is 385 g/mol. The van der Waals surface area contributed by atoms with E-state index >= 15 is 0 Å². The Labute approximate surface area is 131 Å². The summed E-state index contributed by atoms with van der Waals surface area (Å²) in [7, 11) is -3.67. The highest BCUT2D eigenvalue weighted by Crippen LogP contribution is 2.35. The van der Waals surface area contributed by atoms with E-state index in [0.717, 1.165) is 5.57 Å². The largest absolute Gasteiger partial charge is 0.246 e. The summed E-state index contributed by atoms with van der Waals surface area (Å²) in [6.07, 6.45) is 2.74. The van der Waals surface area contributed by atoms with Gasteiger partial charge in [-0.05, 0) is 25.5 Å². The van der Waals surface area contributed by atoms with Gasteiger partial charge in [0.25, 0.3) is 0 Å². The first-order valence-electron chi connectivity index (χ1n) is 5.62. The zero-order valence-corrected chi connectivity index (χ0v) is 14.1. The molecule has 0 aromatic heterocycles. The van der Waals surface area contributed by atoms with Gasteiger partial charge in [-0.25, -0.2) is 8.42 Å². The van der Waals surface area contributed by atoms with Crippen LogP contribution in [-0.4, -0.2) is 25.8 Å². The fourth-order valence-electron chi connectivity index (χ4n) is 1.99. The van der Waals surface area contributed by atoms with E-state index in [9.17, 15) is 8.42 Å². The van der Waals surface area contributed by atoms with Crippen LogP contribution >= 0.6 is 39.1 Å². The van der Waals surface area contributed by atoms with Crippen LogP contribution in [0.1, 0.15) is 13.3 Å². The third kappa shape index (κ3) is 3.16. The number of halogens is 3. The van der Waals surface area contributed by atoms with Gasteiger partial charge in [-0.2, -0.15) is 4.31 Å². The molecule has 1 aliphatic heterocycles. The van der Waals surface area contributed by atoms with Gasteiger partial charge >= 0.3 is 0 Å². The summed E-state index contributed by atoms with van der Waals surface area (Å²) in [6, 6.07) is 3.07. The second-order valence-corrected chi connectivity index (χ2v) is 7.98. The van der Waals surface area contributed by atoms with Crippen LogP contribution in [0.15, 0.2) is 33.2 Å². The molecule has 0 saturated heterocycles. The molecule has 0 saturated carbocycles. The summed E-state index contributed by atoms with van der Waals surface area (Å²) < 4.78 is 27.3. The molecule has 1 aromatic carbocycles. The lowest BCUT2D eigenvalue weighted by Crippen LogP contribution is -2.35. The zero-order chi connectivity index (χ0) is 14.2. The van der Waals surface area contributed by atoms with Crippen molar-refractivity contribution in [3.8, 4) is 0 Å². The second-order valence-electron chi connectivity index (χ2n) is 4.38. The van der Waals surface area contributed by atoms with Crippen molar-refractivity contribution in [3.63, 3.8) is 0 Å². The zero-order valence-electron chi connectivity index (χ0n) is 10.2. The minimum absolute atomic E-state index is 0.0197. The van der Waals surface area contributed by atoms with Gasteiger partial charge in [0.05, 0.1) is 10.0 Å². The van der Waals surface area contributed by atoms with E-state index in [4.69, 9.17) is 23.2 Å². The molecule has 0 N–H and O–H groups in total. The van der Waals surface area contributed by atoms with Crippen LogP contribution in [0.25, 0.3) is 0 Å². The second kappa shape index (κ2) is 5.74. The first-order chi connectivity index (χ1) is 8.82. The third-order valence-electron chi connectivity index (χ3n) is 2.86. The number of nitrogens with zero attached hydrogens (tertiary/aromatic N) is 1. The Hall–Kier alpha value is -0.0700. The van der Waals surface area contributed by atoms with E-state index in [1.165, 1.54) is 16.4 Å². The predicted octanol–water partition coefficient (Wildman–Crippen LogP) is 4.10. The van der Waals surface area contributed by atoms with Crippen LogP contribution in [-0.2, 0) is 10.0 Å². The lowest BCUT2D eigenvalue weighted by atomic mass is 10.2. The Morgan fingerprint density at radius 2 is 1.84 bits per heavy atom. The molecule has 1 aromatic rings. The van der Waals surface area contributed by atoms with Crippen molar-refractivity contribution in [2.24, 2.45) is 0 Å². The van der Waals surface area contributed by atoms with Crippen LogP contribution in [0.4, 0.5) is 0 Å². The molecule has 7 heteroatoms. The quantitative estimate of drug-likeness (QED) is 0.720. The van der Waals surface area contributed by atoms with E-state index in [1.54, 1.807) is 0 Å². The monoisotopic (exact) mass is 383 g/mol. The first kappa shape index (κ1) is 15.3. The van der Waals surface area contributed by atoms with E-state index in [1.807, 2.05) is 13.0 Å². The normalized spacial score (nSPS) is 17.4. The van der Waals surface area contributed by atoms with E-state index in [-0.39, 0.29) is 14.9 Å². The molecule has 2 rings (SSSR count). The SMILES string of the molecule is CC1=CCCN(S(=O)(=O)c2c(Cl)cc(Br)cc2Cl)C1. The third-order valence-corrected chi connectivity index (χ3v) is 6.08. The van der Waals surface area contributed by atoms with Gasteiger partial charge in [-0.15, -0.1) is 0 Å². The molecule has 0 aliphatic carbocycles. The van der Waals surface area contributed by atoms with Gasteiger partial charge < -0.3 is 0 Å². The molecular weight excluding hydrogens is 373 g/mol. The van der Waals surface area contributed by atoms with Gasteiger partial charge in [-0.1, -0.05) is 50.8 Å². The lowest BCUT2D eigenvalue weighted by molar-refractivity contribution is 0.428. The summed E-state index contributed by atoms with van der Waals surface area (Å²) in [5.74, 6) is 0. The minimum atomic E-state index is -3.67. The summed E-state index contributed by atoms with van der Waals surface area (Å²) in [4.78, 5) is -0.0197. The Balaban J connectivity index is 2.49. The highest BCUT2D eigenvalue weighted by atomic mass is 79.9. The van der Waals surface area contributed by atoms with Crippen molar-refractivity contribution < 1.29 is 8.42 Å². The molecular formula is C12H12BrCl2NO2S. The topological polar surface area (TPSA) is 37.4 Å². The van der Waals surface area contributed by atoms with Gasteiger partial charge in [0, 0.05) is 17.6 Å². The summed E-state index contributed by atoms with van der Waals surface area (Å²) in [5, 5.41) is 0.262. The molecule has 0 unspecified atom stereocenters. The molecule has 0 atom stereocenters. The minimum Gasteiger partial charge on any atom is -0.207 e. The molecule has 3 nitrogen and oxygen atoms in total. The average Bonchev–Trinajstić information content (AvgIpc) is 2.26.